The Labute approximate surface area is 54.3 Å². The van der Waals surface area contributed by atoms with E-state index in [1.165, 1.54) is 0 Å². The first-order valence-electron chi connectivity index (χ1n) is 2.62. The van der Waals surface area contributed by atoms with E-state index in [9.17, 15) is 4.79 Å². The molecule has 0 saturated carbocycles. The van der Waals surface area contributed by atoms with Crippen molar-refractivity contribution >= 4 is 18.5 Å². The third-order valence-electron chi connectivity index (χ3n) is 1.32. The molecular weight excluding hydrogens is 122 g/mol. The molecule has 1 aliphatic heterocycles. The van der Waals surface area contributed by atoms with Gasteiger partial charge in [0.1, 0.15) is 0 Å². The van der Waals surface area contributed by atoms with Crippen LogP contribution in [0.15, 0.2) is 0 Å². The zero-order valence-electron chi connectivity index (χ0n) is 4.79. The number of thiol groups is 1. The van der Waals surface area contributed by atoms with E-state index in [1.54, 1.807) is 11.9 Å². The van der Waals surface area contributed by atoms with Crippen molar-refractivity contribution in [1.82, 2.24) is 4.90 Å². The van der Waals surface area contributed by atoms with Gasteiger partial charge in [0.05, 0.1) is 0 Å². The second kappa shape index (κ2) is 1.97. The van der Waals surface area contributed by atoms with Crippen molar-refractivity contribution in [2.24, 2.45) is 0 Å². The SMILES string of the molecule is CN1C[C@@H](S)CC1=O. The quantitative estimate of drug-likeness (QED) is 0.464. The summed E-state index contributed by atoms with van der Waals surface area (Å²) in [5.41, 5.74) is 0. The van der Waals surface area contributed by atoms with Crippen LogP contribution in [0.3, 0.4) is 0 Å². The van der Waals surface area contributed by atoms with Crippen molar-refractivity contribution in [3.8, 4) is 0 Å². The molecule has 3 heteroatoms. The topological polar surface area (TPSA) is 20.3 Å². The molecule has 0 spiro atoms. The highest BCUT2D eigenvalue weighted by Crippen LogP contribution is 2.12. The third-order valence-corrected chi connectivity index (χ3v) is 1.67. The summed E-state index contributed by atoms with van der Waals surface area (Å²) in [6.07, 6.45) is 0.611. The van der Waals surface area contributed by atoms with Crippen LogP contribution in [-0.2, 0) is 4.79 Å². The maximum atomic E-state index is 10.7. The van der Waals surface area contributed by atoms with Gasteiger partial charge >= 0.3 is 0 Å². The van der Waals surface area contributed by atoms with Crippen LogP contribution in [0.2, 0.25) is 0 Å². The lowest BCUT2D eigenvalue weighted by atomic mass is 10.4. The molecule has 1 rings (SSSR count). The zero-order chi connectivity index (χ0) is 6.15. The van der Waals surface area contributed by atoms with Gasteiger partial charge in [-0.05, 0) is 0 Å². The maximum Gasteiger partial charge on any atom is 0.223 e. The van der Waals surface area contributed by atoms with Gasteiger partial charge in [-0.1, -0.05) is 0 Å². The van der Waals surface area contributed by atoms with E-state index in [0.717, 1.165) is 6.54 Å². The Bertz CT molecular complexity index is 115. The smallest absolute Gasteiger partial charge is 0.223 e. The van der Waals surface area contributed by atoms with Crippen LogP contribution in [0.4, 0.5) is 0 Å². The largest absolute Gasteiger partial charge is 0.345 e. The van der Waals surface area contributed by atoms with E-state index >= 15 is 0 Å². The summed E-state index contributed by atoms with van der Waals surface area (Å²) < 4.78 is 0. The van der Waals surface area contributed by atoms with Crippen LogP contribution >= 0.6 is 12.6 Å². The minimum atomic E-state index is 0.213. The number of nitrogens with zero attached hydrogens (tertiary/aromatic N) is 1. The predicted molar refractivity (Wildman–Crippen MR) is 35.0 cm³/mol. The van der Waals surface area contributed by atoms with Gasteiger partial charge in [0.25, 0.3) is 0 Å². The minimum Gasteiger partial charge on any atom is -0.345 e. The molecule has 0 aromatic heterocycles. The van der Waals surface area contributed by atoms with Crippen LogP contribution in [-0.4, -0.2) is 29.6 Å². The van der Waals surface area contributed by atoms with Crippen LogP contribution in [0.25, 0.3) is 0 Å². The lowest BCUT2D eigenvalue weighted by Crippen LogP contribution is -2.18. The zero-order valence-corrected chi connectivity index (χ0v) is 5.69. The molecule has 1 aliphatic rings. The Morgan fingerprint density at radius 2 is 2.50 bits per heavy atom. The molecule has 0 radical (unpaired) electrons. The highest BCUT2D eigenvalue weighted by atomic mass is 32.1. The highest BCUT2D eigenvalue weighted by molar-refractivity contribution is 7.81. The molecule has 1 heterocycles. The number of carbonyl (C=O) groups excluding carboxylic acids is 1. The van der Waals surface area contributed by atoms with Gasteiger partial charge in [-0.15, -0.1) is 0 Å². The van der Waals surface area contributed by atoms with Crippen LogP contribution in [0.5, 0.6) is 0 Å². The number of carbonyl (C=O) groups is 1. The number of amides is 1. The monoisotopic (exact) mass is 131 g/mol. The summed E-state index contributed by atoms with van der Waals surface area (Å²) in [6.45, 7) is 0.807. The molecule has 46 valence electrons. The molecule has 2 nitrogen and oxygen atoms in total. The number of rotatable bonds is 0. The average Bonchev–Trinajstić information content (AvgIpc) is 1.85. The van der Waals surface area contributed by atoms with Crippen molar-refractivity contribution in [2.45, 2.75) is 11.7 Å². The molecule has 0 unspecified atom stereocenters. The van der Waals surface area contributed by atoms with E-state index in [4.69, 9.17) is 0 Å². The molecule has 0 aromatic rings. The van der Waals surface area contributed by atoms with E-state index in [2.05, 4.69) is 12.6 Å². The summed E-state index contributed by atoms with van der Waals surface area (Å²) in [4.78, 5) is 12.4. The normalized spacial score (nSPS) is 29.5. The van der Waals surface area contributed by atoms with Gasteiger partial charge in [-0.25, -0.2) is 0 Å². The molecule has 0 aromatic carbocycles. The summed E-state index contributed by atoms with van der Waals surface area (Å²) in [5, 5.41) is 0.271. The fourth-order valence-electron chi connectivity index (χ4n) is 0.840. The van der Waals surface area contributed by atoms with E-state index < -0.39 is 0 Å². The van der Waals surface area contributed by atoms with Crippen LogP contribution < -0.4 is 0 Å². The van der Waals surface area contributed by atoms with Gasteiger partial charge in [0.2, 0.25) is 5.91 Å². The van der Waals surface area contributed by atoms with E-state index in [1.807, 2.05) is 0 Å². The molecular formula is C5H9NOS. The molecule has 1 atom stereocenters. The van der Waals surface area contributed by atoms with Crippen molar-refractivity contribution in [3.05, 3.63) is 0 Å². The van der Waals surface area contributed by atoms with Gasteiger partial charge < -0.3 is 4.90 Å². The summed E-state index contributed by atoms with van der Waals surface area (Å²) in [7, 11) is 1.80. The van der Waals surface area contributed by atoms with Crippen molar-refractivity contribution < 1.29 is 4.79 Å². The standard InChI is InChI=1S/C5H9NOS/c1-6-3-4(8)2-5(6)7/h4,8H,2-3H2,1H3/t4-/m0/s1. The summed E-state index contributed by atoms with van der Waals surface area (Å²) in [6, 6.07) is 0. The minimum absolute atomic E-state index is 0.213. The molecule has 1 amide bonds. The third kappa shape index (κ3) is 0.968. The van der Waals surface area contributed by atoms with Gasteiger partial charge in [0, 0.05) is 25.3 Å². The lowest BCUT2D eigenvalue weighted by Gasteiger charge is -2.04. The Balaban J connectivity index is 2.51. The first kappa shape index (κ1) is 5.95. The number of likely N-dealkylation sites (tertiary alicyclic amines) is 1. The molecule has 0 bridgehead atoms. The van der Waals surface area contributed by atoms with Gasteiger partial charge in [-0.3, -0.25) is 4.79 Å². The number of hydrogen-bond donors (Lipinski definition) is 1. The van der Waals surface area contributed by atoms with Crippen LogP contribution in [0, 0.1) is 0 Å². The highest BCUT2D eigenvalue weighted by Gasteiger charge is 2.22. The molecule has 0 aliphatic carbocycles. The van der Waals surface area contributed by atoms with Crippen molar-refractivity contribution in [2.75, 3.05) is 13.6 Å². The van der Waals surface area contributed by atoms with Crippen molar-refractivity contribution in [3.63, 3.8) is 0 Å². The van der Waals surface area contributed by atoms with E-state index in [0.29, 0.717) is 6.42 Å². The molecule has 1 fully saturated rings. The maximum absolute atomic E-state index is 10.7. The Hall–Kier alpha value is -0.180. The fourth-order valence-corrected chi connectivity index (χ4v) is 1.24. The first-order chi connectivity index (χ1) is 3.70. The molecule has 0 N–H and O–H groups in total. The van der Waals surface area contributed by atoms with Crippen molar-refractivity contribution in [1.29, 1.82) is 0 Å². The average molecular weight is 131 g/mol. The molecule has 1 saturated heterocycles. The Morgan fingerprint density at radius 1 is 1.88 bits per heavy atom. The van der Waals surface area contributed by atoms with Crippen LogP contribution in [0.1, 0.15) is 6.42 Å². The Kier molecular flexibility index (Phi) is 1.47. The van der Waals surface area contributed by atoms with Gasteiger partial charge in [-0.2, -0.15) is 12.6 Å². The second-order valence-electron chi connectivity index (χ2n) is 2.13. The summed E-state index contributed by atoms with van der Waals surface area (Å²) in [5.74, 6) is 0.213. The predicted octanol–water partition coefficient (Wildman–Crippen LogP) is 0.147. The van der Waals surface area contributed by atoms with Gasteiger partial charge in [0.15, 0.2) is 0 Å². The molecule has 8 heavy (non-hydrogen) atoms. The fraction of sp³-hybridized carbons (Fsp3) is 0.800. The number of hydrogen-bond acceptors (Lipinski definition) is 2. The Morgan fingerprint density at radius 3 is 2.62 bits per heavy atom. The first-order valence-corrected chi connectivity index (χ1v) is 3.14. The van der Waals surface area contributed by atoms with E-state index in [-0.39, 0.29) is 11.2 Å². The summed E-state index contributed by atoms with van der Waals surface area (Å²) >= 11 is 4.15. The second-order valence-corrected chi connectivity index (χ2v) is 2.86. The lowest BCUT2D eigenvalue weighted by molar-refractivity contribution is -0.126.